The molecule has 0 atom stereocenters. The van der Waals surface area contributed by atoms with Crippen molar-refractivity contribution in [3.8, 4) is 0 Å². The number of nitrogens with one attached hydrogen (secondary N) is 2. The van der Waals surface area contributed by atoms with E-state index in [-0.39, 0.29) is 11.6 Å². The van der Waals surface area contributed by atoms with Crippen molar-refractivity contribution in [1.82, 2.24) is 20.4 Å². The minimum atomic E-state index is -0.717. The van der Waals surface area contributed by atoms with Gasteiger partial charge in [-0.25, -0.2) is 9.59 Å². The van der Waals surface area contributed by atoms with Crippen LogP contribution in [0.15, 0.2) is 24.3 Å². The molecule has 0 aliphatic carbocycles. The number of carbonyl (C=O) groups is 3. The molecule has 0 radical (unpaired) electrons. The van der Waals surface area contributed by atoms with E-state index in [2.05, 4.69) is 15.7 Å². The maximum Gasteiger partial charge on any atom is 0.342 e. The number of benzene rings is 1. The Kier molecular flexibility index (Phi) is 7.17. The monoisotopic (exact) mass is 406 g/mol. The first kappa shape index (κ1) is 21.4. The van der Waals surface area contributed by atoms with Crippen LogP contribution in [0.5, 0.6) is 0 Å². The summed E-state index contributed by atoms with van der Waals surface area (Å²) in [7, 11) is 0. The number of aryl methyl sites for hydroxylation is 1. The molecule has 150 valence electrons. The molecule has 1 aromatic carbocycles. The largest absolute Gasteiger partial charge is 0.452 e. The first-order valence-electron chi connectivity index (χ1n) is 8.74. The zero-order chi connectivity index (χ0) is 20.8. The van der Waals surface area contributed by atoms with Gasteiger partial charge in [-0.2, -0.15) is 5.10 Å². The Hall–Kier alpha value is -2.87. The predicted molar refractivity (Wildman–Crippen MR) is 104 cm³/mol. The highest BCUT2D eigenvalue weighted by Crippen LogP contribution is 2.20. The normalized spacial score (nSPS) is 10.6. The number of ether oxygens (including phenoxy) is 1. The van der Waals surface area contributed by atoms with Crippen LogP contribution in [-0.4, -0.2) is 40.3 Å². The zero-order valence-electron chi connectivity index (χ0n) is 16.2. The van der Waals surface area contributed by atoms with Crippen molar-refractivity contribution in [2.45, 2.75) is 40.3 Å². The molecule has 28 heavy (non-hydrogen) atoms. The van der Waals surface area contributed by atoms with E-state index >= 15 is 0 Å². The fourth-order valence-corrected chi connectivity index (χ4v) is 2.79. The SMILES string of the molecule is Cc1nn(Cc2ccccc2Cl)c(C)c1C(=O)OCC(=O)NC(=O)NC(C)C. The van der Waals surface area contributed by atoms with Gasteiger partial charge in [0.15, 0.2) is 6.61 Å². The van der Waals surface area contributed by atoms with Crippen LogP contribution < -0.4 is 10.6 Å². The summed E-state index contributed by atoms with van der Waals surface area (Å²) in [6.45, 7) is 6.77. The van der Waals surface area contributed by atoms with E-state index in [0.29, 0.717) is 23.0 Å². The van der Waals surface area contributed by atoms with Gasteiger partial charge in [0.05, 0.1) is 17.9 Å². The molecule has 0 bridgehead atoms. The molecule has 0 unspecified atom stereocenters. The second-order valence-electron chi connectivity index (χ2n) is 6.55. The summed E-state index contributed by atoms with van der Waals surface area (Å²) in [6.07, 6.45) is 0. The number of esters is 1. The molecule has 2 N–H and O–H groups in total. The standard InChI is InChI=1S/C19H23ClN4O4/c1-11(2)21-19(27)22-16(25)10-28-18(26)17-12(3)23-24(13(17)4)9-14-7-5-6-8-15(14)20/h5-8,11H,9-10H2,1-4H3,(H2,21,22,25,27). The van der Waals surface area contributed by atoms with E-state index in [4.69, 9.17) is 16.3 Å². The molecule has 0 saturated heterocycles. The molecular weight excluding hydrogens is 384 g/mol. The van der Waals surface area contributed by atoms with Gasteiger partial charge in [0.25, 0.3) is 5.91 Å². The highest BCUT2D eigenvalue weighted by molar-refractivity contribution is 6.31. The number of hydrogen-bond acceptors (Lipinski definition) is 5. The average Bonchev–Trinajstić information content (AvgIpc) is 2.87. The van der Waals surface area contributed by atoms with Crippen molar-refractivity contribution < 1.29 is 19.1 Å². The number of carbonyl (C=O) groups excluding carboxylic acids is 3. The van der Waals surface area contributed by atoms with Crippen LogP contribution >= 0.6 is 11.6 Å². The molecule has 1 aromatic heterocycles. The van der Waals surface area contributed by atoms with Crippen molar-refractivity contribution >= 4 is 29.5 Å². The summed E-state index contributed by atoms with van der Waals surface area (Å²) in [4.78, 5) is 35.6. The van der Waals surface area contributed by atoms with Crippen molar-refractivity contribution in [1.29, 1.82) is 0 Å². The Morgan fingerprint density at radius 1 is 1.21 bits per heavy atom. The van der Waals surface area contributed by atoms with Crippen LogP contribution in [0.25, 0.3) is 0 Å². The molecule has 1 heterocycles. The van der Waals surface area contributed by atoms with Gasteiger partial charge >= 0.3 is 12.0 Å². The topological polar surface area (TPSA) is 102 Å². The zero-order valence-corrected chi connectivity index (χ0v) is 17.0. The van der Waals surface area contributed by atoms with Gasteiger partial charge < -0.3 is 10.1 Å². The molecule has 0 fully saturated rings. The summed E-state index contributed by atoms with van der Waals surface area (Å²) in [5.74, 6) is -1.40. The lowest BCUT2D eigenvalue weighted by atomic mass is 10.2. The first-order chi connectivity index (χ1) is 13.2. The van der Waals surface area contributed by atoms with Gasteiger partial charge in [0.2, 0.25) is 0 Å². The lowest BCUT2D eigenvalue weighted by Crippen LogP contribution is -2.44. The van der Waals surface area contributed by atoms with E-state index in [1.807, 2.05) is 18.2 Å². The van der Waals surface area contributed by atoms with Crippen LogP contribution in [-0.2, 0) is 16.1 Å². The number of aromatic nitrogens is 2. The number of hydrogen-bond donors (Lipinski definition) is 2. The molecule has 0 aliphatic rings. The molecule has 9 heteroatoms. The van der Waals surface area contributed by atoms with Crippen LogP contribution in [0.2, 0.25) is 5.02 Å². The Labute approximate surface area is 168 Å². The number of nitrogens with zero attached hydrogens (tertiary/aromatic N) is 2. The third-order valence-corrected chi connectivity index (χ3v) is 4.24. The molecule has 3 amide bonds. The third kappa shape index (κ3) is 5.56. The molecule has 8 nitrogen and oxygen atoms in total. The predicted octanol–water partition coefficient (Wildman–Crippen LogP) is 2.59. The van der Waals surface area contributed by atoms with Crippen LogP contribution in [0.3, 0.4) is 0 Å². The minimum absolute atomic E-state index is 0.121. The van der Waals surface area contributed by atoms with Gasteiger partial charge in [0, 0.05) is 11.1 Å². The van der Waals surface area contributed by atoms with Gasteiger partial charge in [-0.1, -0.05) is 29.8 Å². The lowest BCUT2D eigenvalue weighted by Gasteiger charge is -2.10. The third-order valence-electron chi connectivity index (χ3n) is 3.87. The van der Waals surface area contributed by atoms with Crippen molar-refractivity contribution in [2.75, 3.05) is 6.61 Å². The minimum Gasteiger partial charge on any atom is -0.452 e. The maximum absolute atomic E-state index is 12.4. The van der Waals surface area contributed by atoms with Gasteiger partial charge in [-0.05, 0) is 39.3 Å². The summed E-state index contributed by atoms with van der Waals surface area (Å²) in [6, 6.07) is 6.61. The summed E-state index contributed by atoms with van der Waals surface area (Å²) in [5, 5.41) is 9.57. The number of amides is 3. The van der Waals surface area contributed by atoms with Crippen LogP contribution in [0, 0.1) is 13.8 Å². The molecule has 0 saturated carbocycles. The molecule has 0 aliphatic heterocycles. The average molecular weight is 407 g/mol. The second kappa shape index (κ2) is 9.36. The quantitative estimate of drug-likeness (QED) is 0.718. The van der Waals surface area contributed by atoms with E-state index < -0.39 is 24.5 Å². The number of urea groups is 1. The van der Waals surface area contributed by atoms with Crippen LogP contribution in [0.4, 0.5) is 4.79 Å². The van der Waals surface area contributed by atoms with Crippen LogP contribution in [0.1, 0.15) is 41.2 Å². The summed E-state index contributed by atoms with van der Waals surface area (Å²) >= 11 is 6.18. The summed E-state index contributed by atoms with van der Waals surface area (Å²) in [5.41, 5.74) is 2.23. The van der Waals surface area contributed by atoms with Crippen molar-refractivity contribution in [2.24, 2.45) is 0 Å². The smallest absolute Gasteiger partial charge is 0.342 e. The molecule has 2 rings (SSSR count). The van der Waals surface area contributed by atoms with Gasteiger partial charge in [-0.15, -0.1) is 0 Å². The Bertz CT molecular complexity index is 892. The van der Waals surface area contributed by atoms with Gasteiger partial charge in [-0.3, -0.25) is 14.8 Å². The Morgan fingerprint density at radius 3 is 2.54 bits per heavy atom. The number of halogens is 1. The number of rotatable bonds is 6. The molecule has 2 aromatic rings. The fraction of sp³-hybridized carbons (Fsp3) is 0.368. The van der Waals surface area contributed by atoms with E-state index in [1.54, 1.807) is 38.4 Å². The lowest BCUT2D eigenvalue weighted by molar-refractivity contribution is -0.123. The Morgan fingerprint density at radius 2 is 1.89 bits per heavy atom. The van der Waals surface area contributed by atoms with Gasteiger partial charge in [0.1, 0.15) is 5.56 Å². The summed E-state index contributed by atoms with van der Waals surface area (Å²) < 4.78 is 6.69. The maximum atomic E-state index is 12.4. The van der Waals surface area contributed by atoms with Crippen molar-refractivity contribution in [3.05, 3.63) is 51.8 Å². The highest BCUT2D eigenvalue weighted by atomic mass is 35.5. The molecular formula is C19H23ClN4O4. The van der Waals surface area contributed by atoms with E-state index in [1.165, 1.54) is 0 Å². The van der Waals surface area contributed by atoms with Crippen molar-refractivity contribution in [3.63, 3.8) is 0 Å². The van der Waals surface area contributed by atoms with E-state index in [0.717, 1.165) is 5.56 Å². The fourth-order valence-electron chi connectivity index (χ4n) is 2.60. The highest BCUT2D eigenvalue weighted by Gasteiger charge is 2.21. The number of imide groups is 1. The Balaban J connectivity index is 2.02. The molecule has 0 spiro atoms. The second-order valence-corrected chi connectivity index (χ2v) is 6.95. The van der Waals surface area contributed by atoms with E-state index in [9.17, 15) is 14.4 Å². The first-order valence-corrected chi connectivity index (χ1v) is 9.11.